The van der Waals surface area contributed by atoms with Gasteiger partial charge in [0.1, 0.15) is 6.04 Å². The quantitative estimate of drug-likeness (QED) is 0.256. The molecule has 6 atom stereocenters. The predicted octanol–water partition coefficient (Wildman–Crippen LogP) is 4.92. The molecule has 3 aliphatic rings. The lowest BCUT2D eigenvalue weighted by Gasteiger charge is -2.38. The van der Waals surface area contributed by atoms with E-state index in [0.717, 1.165) is 5.56 Å². The van der Waals surface area contributed by atoms with Gasteiger partial charge in [-0.25, -0.2) is 0 Å². The van der Waals surface area contributed by atoms with Crippen LogP contribution in [-0.2, 0) is 20.9 Å². The molecule has 10 heteroatoms. The summed E-state index contributed by atoms with van der Waals surface area (Å²) in [4.78, 5) is 48.2. The number of anilines is 1. The maximum atomic E-state index is 14.6. The van der Waals surface area contributed by atoms with Crippen LogP contribution in [0.1, 0.15) is 18.4 Å². The molecule has 0 aromatic heterocycles. The zero-order valence-corrected chi connectivity index (χ0v) is 26.4. The number of rotatable bonds is 12. The Bertz CT molecular complexity index is 1360. The van der Waals surface area contributed by atoms with Gasteiger partial charge in [-0.15, -0.1) is 24.9 Å². The topological polar surface area (TPSA) is 81.2 Å². The molecule has 3 heterocycles. The zero-order chi connectivity index (χ0) is 30.0. The number of alkyl halides is 1. The molecule has 3 unspecified atom stereocenters. The highest BCUT2D eigenvalue weighted by molar-refractivity contribution is 9.09. The number of hydrogen-bond donors (Lipinski definition) is 1. The number of halogens is 2. The monoisotopic (exact) mass is 671 g/mol. The van der Waals surface area contributed by atoms with E-state index >= 15 is 0 Å². The van der Waals surface area contributed by atoms with Crippen molar-refractivity contribution in [2.24, 2.45) is 11.8 Å². The van der Waals surface area contributed by atoms with Crippen LogP contribution in [-0.4, -0.2) is 79.7 Å². The highest BCUT2D eigenvalue weighted by atomic mass is 79.9. The molecule has 222 valence electrons. The summed E-state index contributed by atoms with van der Waals surface area (Å²) in [6.07, 6.45) is 4.24. The Morgan fingerprint density at radius 1 is 1.10 bits per heavy atom. The van der Waals surface area contributed by atoms with Crippen molar-refractivity contribution in [2.45, 2.75) is 40.3 Å². The second-order valence-electron chi connectivity index (χ2n) is 11.0. The summed E-state index contributed by atoms with van der Waals surface area (Å²) in [6, 6.07) is 16.1. The molecule has 1 spiro atoms. The van der Waals surface area contributed by atoms with Crippen LogP contribution in [0, 0.1) is 11.8 Å². The third kappa shape index (κ3) is 5.34. The molecule has 0 aliphatic carbocycles. The van der Waals surface area contributed by atoms with E-state index in [1.54, 1.807) is 56.8 Å². The highest BCUT2D eigenvalue weighted by Gasteiger charge is 2.76. The van der Waals surface area contributed by atoms with E-state index < -0.39 is 22.6 Å². The van der Waals surface area contributed by atoms with Crippen molar-refractivity contribution in [3.8, 4) is 0 Å². The molecule has 2 bridgehead atoms. The van der Waals surface area contributed by atoms with Crippen molar-refractivity contribution < 1.29 is 19.5 Å². The van der Waals surface area contributed by atoms with Gasteiger partial charge in [0.25, 0.3) is 5.91 Å². The van der Waals surface area contributed by atoms with Gasteiger partial charge >= 0.3 is 0 Å². The molecule has 5 rings (SSSR count). The summed E-state index contributed by atoms with van der Waals surface area (Å²) >= 11 is 12.0. The first-order chi connectivity index (χ1) is 20.3. The number of carbonyl (C=O) groups excluding carboxylic acids is 3. The van der Waals surface area contributed by atoms with Crippen LogP contribution in [0.5, 0.6) is 0 Å². The van der Waals surface area contributed by atoms with E-state index in [1.807, 2.05) is 36.4 Å². The molecule has 0 saturated carbocycles. The van der Waals surface area contributed by atoms with Crippen LogP contribution in [0.3, 0.4) is 0 Å². The number of para-hydroxylation sites is 1. The number of fused-ring (bicyclic) bond motifs is 1. The van der Waals surface area contributed by atoms with Gasteiger partial charge in [0, 0.05) is 42.9 Å². The van der Waals surface area contributed by atoms with Crippen LogP contribution >= 0.6 is 39.3 Å². The van der Waals surface area contributed by atoms with Gasteiger partial charge in [0.2, 0.25) is 11.8 Å². The van der Waals surface area contributed by atoms with Gasteiger partial charge < -0.3 is 19.8 Å². The van der Waals surface area contributed by atoms with Crippen LogP contribution in [0.25, 0.3) is 0 Å². The minimum Gasteiger partial charge on any atom is -0.396 e. The summed E-state index contributed by atoms with van der Waals surface area (Å²) in [5.74, 6) is -1.84. The van der Waals surface area contributed by atoms with E-state index in [9.17, 15) is 19.5 Å². The van der Waals surface area contributed by atoms with Crippen LogP contribution in [0.4, 0.5) is 5.69 Å². The molecular formula is C32H35BrClN3O4S. The van der Waals surface area contributed by atoms with Crippen molar-refractivity contribution in [1.82, 2.24) is 9.80 Å². The summed E-state index contributed by atoms with van der Waals surface area (Å²) in [5.41, 5.74) is 1.53. The minimum absolute atomic E-state index is 0.0518. The average molecular weight is 673 g/mol. The maximum absolute atomic E-state index is 14.6. The summed E-state index contributed by atoms with van der Waals surface area (Å²) in [5, 5.41) is 9.94. The second-order valence-corrected chi connectivity index (χ2v) is 14.1. The van der Waals surface area contributed by atoms with Crippen molar-refractivity contribution in [3.63, 3.8) is 0 Å². The van der Waals surface area contributed by atoms with Crippen molar-refractivity contribution >= 4 is 62.7 Å². The lowest BCUT2D eigenvalue weighted by atomic mass is 9.70. The number of benzene rings is 2. The minimum atomic E-state index is -0.826. The fourth-order valence-electron chi connectivity index (χ4n) is 6.83. The molecular weight excluding hydrogens is 638 g/mol. The largest absolute Gasteiger partial charge is 0.396 e. The second kappa shape index (κ2) is 13.0. The van der Waals surface area contributed by atoms with Gasteiger partial charge in [-0.1, -0.05) is 82.1 Å². The fraction of sp³-hybridized carbons (Fsp3) is 0.406. The standard InChI is InChI=1S/C32H35BrClN3O4S/c1-3-15-35(20-21-11-6-5-7-12-21)29(39)25-26-30(40)37(17-10-18-38)28(32(26)19-22(33)27(25)42-32)31(41)36(16-4-2)24-14-9-8-13-23(24)34/h3-9,11-14,22,25-28,38H,1-2,10,15-20H2/t22?,25-,26-,27-,28?,32?/m0/s1. The number of carbonyl (C=O) groups is 3. The first kappa shape index (κ1) is 30.9. The third-order valence-electron chi connectivity index (χ3n) is 8.46. The van der Waals surface area contributed by atoms with Gasteiger partial charge in [0.15, 0.2) is 0 Å². The van der Waals surface area contributed by atoms with E-state index in [0.29, 0.717) is 36.6 Å². The Morgan fingerprint density at radius 2 is 1.79 bits per heavy atom. The maximum Gasteiger partial charge on any atom is 0.251 e. The Morgan fingerprint density at radius 3 is 2.45 bits per heavy atom. The van der Waals surface area contributed by atoms with Crippen molar-refractivity contribution in [3.05, 3.63) is 90.5 Å². The number of aliphatic hydroxyl groups is 1. The van der Waals surface area contributed by atoms with Gasteiger partial charge in [-0.05, 0) is 30.5 Å². The molecule has 2 aromatic carbocycles. The van der Waals surface area contributed by atoms with Crippen LogP contribution < -0.4 is 4.90 Å². The number of hydrogen-bond acceptors (Lipinski definition) is 5. The number of thioether (sulfide) groups is 1. The highest BCUT2D eigenvalue weighted by Crippen LogP contribution is 2.68. The van der Waals surface area contributed by atoms with Crippen molar-refractivity contribution in [1.29, 1.82) is 0 Å². The Kier molecular flexibility index (Phi) is 9.52. The lowest BCUT2D eigenvalue weighted by molar-refractivity contribution is -0.144. The van der Waals surface area contributed by atoms with E-state index in [1.165, 1.54) is 0 Å². The van der Waals surface area contributed by atoms with Crippen LogP contribution in [0.2, 0.25) is 5.02 Å². The van der Waals surface area contributed by atoms with Gasteiger partial charge in [-0.3, -0.25) is 14.4 Å². The van der Waals surface area contributed by atoms with E-state index in [4.69, 9.17) is 11.6 Å². The predicted molar refractivity (Wildman–Crippen MR) is 172 cm³/mol. The normalized spacial score (nSPS) is 27.5. The number of amides is 3. The molecule has 3 saturated heterocycles. The van der Waals surface area contributed by atoms with Crippen LogP contribution in [0.15, 0.2) is 79.9 Å². The third-order valence-corrected chi connectivity index (χ3v) is 12.0. The smallest absolute Gasteiger partial charge is 0.251 e. The number of aliphatic hydroxyl groups excluding tert-OH is 1. The number of nitrogens with zero attached hydrogens (tertiary/aromatic N) is 3. The zero-order valence-electron chi connectivity index (χ0n) is 23.3. The molecule has 2 aromatic rings. The van der Waals surface area contributed by atoms with Gasteiger partial charge in [0.05, 0.1) is 27.3 Å². The van der Waals surface area contributed by atoms with Crippen molar-refractivity contribution in [2.75, 3.05) is 31.1 Å². The number of likely N-dealkylation sites (tertiary alicyclic amines) is 1. The Balaban J connectivity index is 1.55. The molecule has 3 fully saturated rings. The van der Waals surface area contributed by atoms with E-state index in [-0.39, 0.29) is 47.5 Å². The molecule has 7 nitrogen and oxygen atoms in total. The summed E-state index contributed by atoms with van der Waals surface area (Å²) in [7, 11) is 0. The molecule has 3 amide bonds. The SMILES string of the molecule is C=CCN(Cc1ccccc1)C(=O)[C@H]1[C@H]2C(=O)N(CCCO)C(C(=O)N(CC=C)c3ccccc3Cl)C23CC(Br)[C@@H]1S3. The molecule has 42 heavy (non-hydrogen) atoms. The fourth-order valence-corrected chi connectivity index (χ4v) is 10.7. The molecule has 1 N–H and O–H groups in total. The lowest BCUT2D eigenvalue weighted by Crippen LogP contribution is -2.56. The summed E-state index contributed by atoms with van der Waals surface area (Å²) < 4.78 is -0.809. The first-order valence-electron chi connectivity index (χ1n) is 14.1. The average Bonchev–Trinajstić information content (AvgIpc) is 3.58. The van der Waals surface area contributed by atoms with Gasteiger partial charge in [-0.2, -0.15) is 0 Å². The Labute approximate surface area is 264 Å². The first-order valence-corrected chi connectivity index (χ1v) is 16.3. The molecule has 0 radical (unpaired) electrons. The van der Waals surface area contributed by atoms with E-state index in [2.05, 4.69) is 29.1 Å². The summed E-state index contributed by atoms with van der Waals surface area (Å²) in [6.45, 7) is 8.78. The molecule has 3 aliphatic heterocycles. The Hall–Kier alpha value is -2.59.